The van der Waals surface area contributed by atoms with E-state index in [1.165, 1.54) is 7.11 Å². The molecule has 0 bridgehead atoms. The zero-order chi connectivity index (χ0) is 36.2. The maximum atomic E-state index is 13.8. The van der Waals surface area contributed by atoms with E-state index in [9.17, 15) is 19.5 Å². The Kier molecular flexibility index (Phi) is 10.2. The average molecular weight is 702 g/mol. The predicted octanol–water partition coefficient (Wildman–Crippen LogP) is 6.33. The quantitative estimate of drug-likeness (QED) is 0.133. The van der Waals surface area contributed by atoms with Crippen LogP contribution in [-0.2, 0) is 14.3 Å². The van der Waals surface area contributed by atoms with Gasteiger partial charge in [-0.05, 0) is 59.9 Å². The molecule has 4 N–H and O–H groups in total. The topological polar surface area (TPSA) is 157 Å². The molecule has 4 atom stereocenters. The predicted molar refractivity (Wildman–Crippen MR) is 195 cm³/mol. The molecular formula is C40H43N7O5. The number of nitrogens with zero attached hydrogens (tertiary/aromatic N) is 4. The number of nitrogens with one attached hydrogen (secondary N) is 3. The number of likely N-dealkylation sites (tertiary alicyclic amines) is 2. The summed E-state index contributed by atoms with van der Waals surface area (Å²) < 4.78 is 4.81. The molecule has 2 saturated heterocycles. The van der Waals surface area contributed by atoms with Gasteiger partial charge in [0.15, 0.2) is 0 Å². The number of ether oxygens (including phenoxy) is 1. The van der Waals surface area contributed by atoms with Gasteiger partial charge in [0, 0.05) is 13.1 Å². The standard InChI is InChI=1S/C40H43N7O5/c1-3-34(48)38(49)46-21-7-11-32(46)36-41-23-30(43-36)27-17-13-25(14-18-27)26-15-19-28(20-16-26)31-24-42-37(44-31)33-12-8-22-47(33)39(50)35(45-40(51)52-2)29-9-5-4-6-10-29/h4-6,9-10,13-20,23-24,32-35,48H,3,7-8,11-12,21-22H2,1-2H3,(H,41,43)(H,42,44)(H,45,51)/t32-,33-,34+,35+/m0/s1. The van der Waals surface area contributed by atoms with Crippen LogP contribution < -0.4 is 5.32 Å². The smallest absolute Gasteiger partial charge is 0.407 e. The van der Waals surface area contributed by atoms with Crippen LogP contribution in [0.4, 0.5) is 4.79 Å². The molecule has 2 aliphatic heterocycles. The van der Waals surface area contributed by atoms with E-state index in [1.807, 2.05) is 30.3 Å². The first-order valence-electron chi connectivity index (χ1n) is 17.8. The number of carbonyl (C=O) groups excluding carboxylic acids is 3. The van der Waals surface area contributed by atoms with E-state index in [0.29, 0.717) is 30.9 Å². The number of H-pyrrole nitrogens is 2. The second kappa shape index (κ2) is 15.2. The molecule has 268 valence electrons. The van der Waals surface area contributed by atoms with Crippen LogP contribution in [0.1, 0.15) is 74.4 Å². The Bertz CT molecular complexity index is 2010. The first-order chi connectivity index (χ1) is 25.3. The summed E-state index contributed by atoms with van der Waals surface area (Å²) in [6.45, 7) is 2.99. The molecule has 12 nitrogen and oxygen atoms in total. The number of hydrogen-bond acceptors (Lipinski definition) is 7. The molecule has 2 aromatic heterocycles. The summed E-state index contributed by atoms with van der Waals surface area (Å²) >= 11 is 0. The lowest BCUT2D eigenvalue weighted by Gasteiger charge is -2.28. The highest BCUT2D eigenvalue weighted by Crippen LogP contribution is 2.35. The normalized spacial score (nSPS) is 18.3. The number of hydrogen-bond donors (Lipinski definition) is 4. The fourth-order valence-electron chi connectivity index (χ4n) is 7.26. The summed E-state index contributed by atoms with van der Waals surface area (Å²) in [7, 11) is 1.28. The van der Waals surface area contributed by atoms with Crippen LogP contribution in [0.5, 0.6) is 0 Å². The molecule has 0 unspecified atom stereocenters. The molecule has 5 aromatic rings. The van der Waals surface area contributed by atoms with E-state index < -0.39 is 18.2 Å². The average Bonchev–Trinajstić information content (AvgIpc) is 4.03. The molecule has 12 heteroatoms. The lowest BCUT2D eigenvalue weighted by atomic mass is 10.0. The van der Waals surface area contributed by atoms with Gasteiger partial charge in [0.05, 0.1) is 43.0 Å². The maximum Gasteiger partial charge on any atom is 0.407 e. The van der Waals surface area contributed by atoms with Crippen molar-refractivity contribution in [3.8, 4) is 33.6 Å². The fraction of sp³-hybridized carbons (Fsp3) is 0.325. The molecule has 3 aromatic carbocycles. The van der Waals surface area contributed by atoms with Gasteiger partial charge < -0.3 is 34.9 Å². The number of methoxy groups -OCH3 is 1. The van der Waals surface area contributed by atoms with Crippen molar-refractivity contribution in [3.63, 3.8) is 0 Å². The highest BCUT2D eigenvalue weighted by atomic mass is 16.5. The number of aromatic amines is 2. The number of aliphatic hydroxyl groups is 1. The number of rotatable bonds is 10. The summed E-state index contributed by atoms with van der Waals surface area (Å²) in [4.78, 5) is 58.4. The Morgan fingerprint density at radius 3 is 1.73 bits per heavy atom. The number of benzene rings is 3. The van der Waals surface area contributed by atoms with Gasteiger partial charge in [-0.2, -0.15) is 0 Å². The maximum absolute atomic E-state index is 13.8. The van der Waals surface area contributed by atoms with Gasteiger partial charge in [0.2, 0.25) is 0 Å². The first-order valence-corrected chi connectivity index (χ1v) is 17.8. The van der Waals surface area contributed by atoms with Crippen molar-refractivity contribution in [2.45, 2.75) is 63.3 Å². The van der Waals surface area contributed by atoms with Gasteiger partial charge in [-0.1, -0.05) is 85.8 Å². The highest BCUT2D eigenvalue weighted by Gasteiger charge is 2.37. The minimum Gasteiger partial charge on any atom is -0.453 e. The largest absolute Gasteiger partial charge is 0.453 e. The van der Waals surface area contributed by atoms with Crippen molar-refractivity contribution in [1.82, 2.24) is 35.1 Å². The van der Waals surface area contributed by atoms with E-state index >= 15 is 0 Å². The molecule has 2 aliphatic rings. The molecule has 4 heterocycles. The molecule has 3 amide bonds. The first kappa shape index (κ1) is 34.7. The van der Waals surface area contributed by atoms with Gasteiger partial charge in [-0.15, -0.1) is 0 Å². The van der Waals surface area contributed by atoms with Crippen LogP contribution in [0, 0.1) is 0 Å². The third-order valence-electron chi connectivity index (χ3n) is 10.1. The highest BCUT2D eigenvalue weighted by molar-refractivity contribution is 5.87. The lowest BCUT2D eigenvalue weighted by molar-refractivity contribution is -0.141. The summed E-state index contributed by atoms with van der Waals surface area (Å²) in [5, 5.41) is 12.8. The van der Waals surface area contributed by atoms with Gasteiger partial charge in [0.25, 0.3) is 11.8 Å². The van der Waals surface area contributed by atoms with Gasteiger partial charge in [0.1, 0.15) is 23.8 Å². The molecular weight excluding hydrogens is 658 g/mol. The Balaban J connectivity index is 1.02. The molecule has 0 spiro atoms. The molecule has 2 fully saturated rings. The number of imidazole rings is 2. The van der Waals surface area contributed by atoms with Crippen LogP contribution in [0.3, 0.4) is 0 Å². The van der Waals surface area contributed by atoms with Crippen molar-refractivity contribution in [1.29, 1.82) is 0 Å². The zero-order valence-corrected chi connectivity index (χ0v) is 29.3. The van der Waals surface area contributed by atoms with Crippen molar-refractivity contribution in [2.75, 3.05) is 20.2 Å². The number of aliphatic hydroxyl groups excluding tert-OH is 1. The van der Waals surface area contributed by atoms with Crippen LogP contribution in [0.15, 0.2) is 91.3 Å². The molecule has 7 rings (SSSR count). The number of aromatic nitrogens is 4. The van der Waals surface area contributed by atoms with E-state index in [0.717, 1.165) is 65.1 Å². The number of amides is 3. The summed E-state index contributed by atoms with van der Waals surface area (Å²) in [6, 6.07) is 24.4. The van der Waals surface area contributed by atoms with Crippen molar-refractivity contribution in [3.05, 3.63) is 108 Å². The molecule has 0 saturated carbocycles. The van der Waals surface area contributed by atoms with E-state index in [2.05, 4.69) is 73.8 Å². The van der Waals surface area contributed by atoms with Crippen LogP contribution in [0.25, 0.3) is 33.6 Å². The van der Waals surface area contributed by atoms with Crippen LogP contribution in [0.2, 0.25) is 0 Å². The Morgan fingerprint density at radius 1 is 0.769 bits per heavy atom. The van der Waals surface area contributed by atoms with Crippen molar-refractivity contribution < 1.29 is 24.2 Å². The molecule has 0 aliphatic carbocycles. The Morgan fingerprint density at radius 2 is 1.25 bits per heavy atom. The summed E-state index contributed by atoms with van der Waals surface area (Å²) in [5.41, 5.74) is 6.50. The molecule has 0 radical (unpaired) electrons. The third kappa shape index (κ3) is 7.06. The summed E-state index contributed by atoms with van der Waals surface area (Å²) in [6.07, 6.45) is 5.62. The lowest BCUT2D eigenvalue weighted by Crippen LogP contribution is -2.42. The number of carbonyl (C=O) groups is 3. The van der Waals surface area contributed by atoms with Gasteiger partial charge in [-0.3, -0.25) is 9.59 Å². The number of alkyl carbamates (subject to hydrolysis) is 1. The minimum atomic E-state index is -0.980. The summed E-state index contributed by atoms with van der Waals surface area (Å²) in [5.74, 6) is 1.01. The van der Waals surface area contributed by atoms with Crippen LogP contribution >= 0.6 is 0 Å². The van der Waals surface area contributed by atoms with E-state index in [-0.39, 0.29) is 23.9 Å². The fourth-order valence-corrected chi connectivity index (χ4v) is 7.26. The second-order valence-electron chi connectivity index (χ2n) is 13.3. The second-order valence-corrected chi connectivity index (χ2v) is 13.3. The van der Waals surface area contributed by atoms with Gasteiger partial charge >= 0.3 is 6.09 Å². The van der Waals surface area contributed by atoms with Crippen molar-refractivity contribution >= 4 is 17.9 Å². The molecule has 52 heavy (non-hydrogen) atoms. The minimum absolute atomic E-state index is 0.159. The van der Waals surface area contributed by atoms with E-state index in [1.54, 1.807) is 29.1 Å². The monoisotopic (exact) mass is 701 g/mol. The Labute approximate surface area is 302 Å². The van der Waals surface area contributed by atoms with Crippen LogP contribution in [-0.4, -0.2) is 79.1 Å². The van der Waals surface area contributed by atoms with Crippen molar-refractivity contribution in [2.24, 2.45) is 0 Å². The third-order valence-corrected chi connectivity index (χ3v) is 10.1. The zero-order valence-electron chi connectivity index (χ0n) is 29.3. The van der Waals surface area contributed by atoms with E-state index in [4.69, 9.17) is 4.74 Å². The SMILES string of the molecule is CC[C@@H](O)C(=O)N1CCC[C@H]1c1ncc(-c2ccc(-c3ccc(-c4cnc([C@@H]5CCCN5C(=O)[C@H](NC(=O)OC)c5ccccc5)[nH]4)cc3)cc2)[nH]1. The van der Waals surface area contributed by atoms with Gasteiger partial charge in [-0.25, -0.2) is 14.8 Å². The Hall–Kier alpha value is -5.75.